The van der Waals surface area contributed by atoms with Crippen LogP contribution in [0.15, 0.2) is 24.3 Å². The molecule has 0 saturated carbocycles. The summed E-state index contributed by atoms with van der Waals surface area (Å²) < 4.78 is 0. The van der Waals surface area contributed by atoms with E-state index < -0.39 is 0 Å². The van der Waals surface area contributed by atoms with Crippen molar-refractivity contribution >= 4 is 17.5 Å². The van der Waals surface area contributed by atoms with Crippen LogP contribution in [0.4, 0.5) is 11.6 Å². The topological polar surface area (TPSA) is 58.1 Å². The molecule has 1 amide bonds. The van der Waals surface area contributed by atoms with Crippen molar-refractivity contribution in [1.82, 2.24) is 9.97 Å². The minimum absolute atomic E-state index is 0.214. The normalized spacial score (nSPS) is 10.5. The van der Waals surface area contributed by atoms with Crippen molar-refractivity contribution in [2.45, 2.75) is 34.6 Å². The third-order valence-electron chi connectivity index (χ3n) is 3.60. The average Bonchev–Trinajstić information content (AvgIpc) is 2.46. The lowest BCUT2D eigenvalue weighted by Gasteiger charge is -2.19. The number of amides is 1. The van der Waals surface area contributed by atoms with Crippen LogP contribution in [0, 0.1) is 20.8 Å². The quantitative estimate of drug-likeness (QED) is 0.918. The zero-order chi connectivity index (χ0) is 17.0. The second-order valence-electron chi connectivity index (χ2n) is 5.70. The summed E-state index contributed by atoms with van der Waals surface area (Å²) in [5.74, 6) is 0.384. The number of nitrogens with zero attached hydrogens (tertiary/aromatic N) is 3. The van der Waals surface area contributed by atoms with Gasteiger partial charge in [-0.3, -0.25) is 4.79 Å². The van der Waals surface area contributed by atoms with Gasteiger partial charge in [0.1, 0.15) is 5.69 Å². The fourth-order valence-electron chi connectivity index (χ4n) is 2.56. The van der Waals surface area contributed by atoms with E-state index in [1.165, 1.54) is 0 Å². The van der Waals surface area contributed by atoms with Crippen LogP contribution < -0.4 is 10.2 Å². The maximum Gasteiger partial charge on any atom is 0.274 e. The summed E-state index contributed by atoms with van der Waals surface area (Å²) in [4.78, 5) is 23.4. The van der Waals surface area contributed by atoms with E-state index in [2.05, 4.69) is 21.4 Å². The molecular formula is C18H24N4O. The van der Waals surface area contributed by atoms with Crippen molar-refractivity contribution in [2.75, 3.05) is 23.3 Å². The first-order chi connectivity index (χ1) is 10.9. The first-order valence-corrected chi connectivity index (χ1v) is 7.93. The van der Waals surface area contributed by atoms with Gasteiger partial charge in [0.25, 0.3) is 5.91 Å². The summed E-state index contributed by atoms with van der Waals surface area (Å²) in [5.41, 5.74) is 4.19. The van der Waals surface area contributed by atoms with Gasteiger partial charge in [-0.2, -0.15) is 0 Å². The number of carbonyl (C=O) groups is 1. The van der Waals surface area contributed by atoms with Crippen LogP contribution in [0.25, 0.3) is 0 Å². The molecule has 0 aliphatic carbocycles. The van der Waals surface area contributed by atoms with Gasteiger partial charge in [0.05, 0.1) is 0 Å². The Hall–Kier alpha value is -2.43. The predicted molar refractivity (Wildman–Crippen MR) is 94.2 cm³/mol. The van der Waals surface area contributed by atoms with E-state index in [4.69, 9.17) is 0 Å². The van der Waals surface area contributed by atoms with E-state index in [1.807, 2.05) is 51.7 Å². The Bertz CT molecular complexity index is 688. The molecule has 0 unspecified atom stereocenters. The van der Waals surface area contributed by atoms with Crippen LogP contribution in [-0.2, 0) is 0 Å². The highest BCUT2D eigenvalue weighted by Gasteiger charge is 2.14. The number of carbonyl (C=O) groups excluding carboxylic acids is 1. The van der Waals surface area contributed by atoms with Gasteiger partial charge in [0, 0.05) is 24.5 Å². The average molecular weight is 312 g/mol. The first-order valence-electron chi connectivity index (χ1n) is 7.93. The molecule has 0 atom stereocenters. The Morgan fingerprint density at radius 1 is 1.00 bits per heavy atom. The fraction of sp³-hybridized carbons (Fsp3) is 0.389. The molecule has 0 aliphatic heterocycles. The molecule has 23 heavy (non-hydrogen) atoms. The Labute approximate surface area is 137 Å². The van der Waals surface area contributed by atoms with Gasteiger partial charge in [0.15, 0.2) is 0 Å². The van der Waals surface area contributed by atoms with Crippen LogP contribution in [0.5, 0.6) is 0 Å². The Balaban J connectivity index is 2.28. The molecule has 1 heterocycles. The molecule has 1 N–H and O–H groups in total. The zero-order valence-electron chi connectivity index (χ0n) is 14.5. The van der Waals surface area contributed by atoms with E-state index in [1.54, 1.807) is 6.07 Å². The number of rotatable bonds is 5. The smallest absolute Gasteiger partial charge is 0.274 e. The van der Waals surface area contributed by atoms with Crippen molar-refractivity contribution < 1.29 is 4.79 Å². The molecule has 5 heteroatoms. The van der Waals surface area contributed by atoms with Crippen molar-refractivity contribution in [3.05, 3.63) is 46.8 Å². The summed E-state index contributed by atoms with van der Waals surface area (Å²) in [6, 6.07) is 7.68. The SMILES string of the molecule is CCN(CC)c1nc(C)cc(C(=O)Nc2cc(C)cc(C)c2)n1. The van der Waals surface area contributed by atoms with Crippen LogP contribution in [0.1, 0.15) is 41.2 Å². The second kappa shape index (κ2) is 7.22. The number of aryl methyl sites for hydroxylation is 3. The predicted octanol–water partition coefficient (Wildman–Crippen LogP) is 3.50. The number of nitrogens with one attached hydrogen (secondary N) is 1. The Kier molecular flexibility index (Phi) is 5.32. The third-order valence-corrected chi connectivity index (χ3v) is 3.60. The largest absolute Gasteiger partial charge is 0.341 e. The summed E-state index contributed by atoms with van der Waals surface area (Å²) in [5, 5.41) is 2.92. The first kappa shape index (κ1) is 16.9. The maximum atomic E-state index is 12.5. The molecular weight excluding hydrogens is 288 g/mol. The van der Waals surface area contributed by atoms with E-state index in [-0.39, 0.29) is 5.91 Å². The molecule has 0 spiro atoms. The molecule has 0 fully saturated rings. The highest BCUT2D eigenvalue weighted by atomic mass is 16.1. The fourth-order valence-corrected chi connectivity index (χ4v) is 2.56. The Morgan fingerprint density at radius 3 is 2.17 bits per heavy atom. The minimum Gasteiger partial charge on any atom is -0.341 e. The van der Waals surface area contributed by atoms with Crippen molar-refractivity contribution in [2.24, 2.45) is 0 Å². The summed E-state index contributed by atoms with van der Waals surface area (Å²) in [6.45, 7) is 11.6. The molecule has 5 nitrogen and oxygen atoms in total. The molecule has 1 aromatic heterocycles. The van der Waals surface area contributed by atoms with Crippen LogP contribution in [-0.4, -0.2) is 29.0 Å². The van der Waals surface area contributed by atoms with Crippen LogP contribution in [0.2, 0.25) is 0 Å². The summed E-state index contributed by atoms with van der Waals surface area (Å²) in [7, 11) is 0. The number of hydrogen-bond donors (Lipinski definition) is 1. The van der Waals surface area contributed by atoms with E-state index in [0.717, 1.165) is 35.6 Å². The van der Waals surface area contributed by atoms with Crippen LogP contribution >= 0.6 is 0 Å². The van der Waals surface area contributed by atoms with E-state index in [0.29, 0.717) is 11.6 Å². The summed E-state index contributed by atoms with van der Waals surface area (Å²) in [6.07, 6.45) is 0. The second-order valence-corrected chi connectivity index (χ2v) is 5.70. The number of anilines is 2. The van der Waals surface area contributed by atoms with Crippen molar-refractivity contribution in [3.63, 3.8) is 0 Å². The molecule has 0 aliphatic rings. The van der Waals surface area contributed by atoms with Gasteiger partial charge >= 0.3 is 0 Å². The monoisotopic (exact) mass is 312 g/mol. The van der Waals surface area contributed by atoms with E-state index >= 15 is 0 Å². The lowest BCUT2D eigenvalue weighted by Crippen LogP contribution is -2.26. The van der Waals surface area contributed by atoms with Gasteiger partial charge in [-0.05, 0) is 63.9 Å². The minimum atomic E-state index is -0.214. The van der Waals surface area contributed by atoms with Gasteiger partial charge in [-0.15, -0.1) is 0 Å². The van der Waals surface area contributed by atoms with Gasteiger partial charge in [0.2, 0.25) is 5.95 Å². The third kappa shape index (κ3) is 4.28. The van der Waals surface area contributed by atoms with Crippen molar-refractivity contribution in [1.29, 1.82) is 0 Å². The van der Waals surface area contributed by atoms with Gasteiger partial charge in [-0.1, -0.05) is 6.07 Å². The molecule has 1 aromatic carbocycles. The van der Waals surface area contributed by atoms with E-state index in [9.17, 15) is 4.79 Å². The Morgan fingerprint density at radius 2 is 1.61 bits per heavy atom. The molecule has 0 saturated heterocycles. The molecule has 2 rings (SSSR count). The zero-order valence-corrected chi connectivity index (χ0v) is 14.5. The molecule has 0 bridgehead atoms. The lowest BCUT2D eigenvalue weighted by atomic mass is 10.1. The lowest BCUT2D eigenvalue weighted by molar-refractivity contribution is 0.102. The standard InChI is InChI=1S/C18H24N4O/c1-6-22(7-2)18-19-14(5)11-16(21-18)17(23)20-15-9-12(3)8-13(4)10-15/h8-11H,6-7H2,1-5H3,(H,20,23). The van der Waals surface area contributed by atoms with Crippen LogP contribution in [0.3, 0.4) is 0 Å². The highest BCUT2D eigenvalue weighted by Crippen LogP contribution is 2.16. The maximum absolute atomic E-state index is 12.5. The highest BCUT2D eigenvalue weighted by molar-refractivity contribution is 6.03. The molecule has 2 aromatic rings. The van der Waals surface area contributed by atoms with Crippen molar-refractivity contribution in [3.8, 4) is 0 Å². The summed E-state index contributed by atoms with van der Waals surface area (Å²) >= 11 is 0. The number of benzene rings is 1. The molecule has 0 radical (unpaired) electrons. The van der Waals surface area contributed by atoms with Gasteiger partial charge < -0.3 is 10.2 Å². The number of aromatic nitrogens is 2. The molecule has 122 valence electrons. The van der Waals surface area contributed by atoms with Gasteiger partial charge in [-0.25, -0.2) is 9.97 Å². The number of hydrogen-bond acceptors (Lipinski definition) is 4.